The van der Waals surface area contributed by atoms with E-state index in [-0.39, 0.29) is 0 Å². The van der Waals surface area contributed by atoms with Crippen LogP contribution < -0.4 is 10.6 Å². The van der Waals surface area contributed by atoms with E-state index in [0.29, 0.717) is 12.1 Å². The van der Waals surface area contributed by atoms with Gasteiger partial charge in [-0.2, -0.15) is 4.98 Å². The summed E-state index contributed by atoms with van der Waals surface area (Å²) < 4.78 is 5.69. The Morgan fingerprint density at radius 3 is 2.92 bits per heavy atom. The second-order valence-electron chi connectivity index (χ2n) is 7.02. The van der Waals surface area contributed by atoms with Crippen LogP contribution in [0.3, 0.4) is 0 Å². The molecule has 0 spiro atoms. The molecule has 0 amide bonds. The highest BCUT2D eigenvalue weighted by Crippen LogP contribution is 2.32. The van der Waals surface area contributed by atoms with Gasteiger partial charge >= 0.3 is 6.01 Å². The number of nitrogens with one attached hydrogen (secondary N) is 2. The third-order valence-electron chi connectivity index (χ3n) is 5.51. The summed E-state index contributed by atoms with van der Waals surface area (Å²) in [6, 6.07) is 8.85. The number of hydrogen-bond acceptors (Lipinski definition) is 6. The van der Waals surface area contributed by atoms with Crippen molar-refractivity contribution in [1.82, 2.24) is 15.2 Å². The molecule has 1 aromatic carbocycles. The summed E-state index contributed by atoms with van der Waals surface area (Å²) in [6.07, 6.45) is 3.95. The zero-order valence-electron chi connectivity index (χ0n) is 14.3. The summed E-state index contributed by atoms with van der Waals surface area (Å²) in [5.41, 5.74) is 1.63. The number of aliphatic imine (C=N–C) groups is 1. The number of benzene rings is 1. The van der Waals surface area contributed by atoms with Crippen LogP contribution in [0.4, 0.5) is 6.01 Å². The molecule has 0 unspecified atom stereocenters. The topological polar surface area (TPSA) is 65.7 Å². The van der Waals surface area contributed by atoms with E-state index in [1.54, 1.807) is 0 Å². The van der Waals surface area contributed by atoms with Crippen LogP contribution in [0, 0.1) is 11.8 Å². The Morgan fingerprint density at radius 1 is 1.25 bits per heavy atom. The van der Waals surface area contributed by atoms with Gasteiger partial charge in [-0.25, -0.2) is 4.99 Å². The molecule has 24 heavy (non-hydrogen) atoms. The van der Waals surface area contributed by atoms with Crippen LogP contribution in [0.15, 0.2) is 33.7 Å². The predicted molar refractivity (Wildman–Crippen MR) is 95.7 cm³/mol. The monoisotopic (exact) mass is 327 g/mol. The first-order chi connectivity index (χ1) is 11.7. The smallest absolute Gasteiger partial charge is 0.302 e. The predicted octanol–water partition coefficient (Wildman–Crippen LogP) is 3.24. The van der Waals surface area contributed by atoms with Gasteiger partial charge in [0.05, 0.1) is 13.3 Å². The lowest BCUT2D eigenvalue weighted by atomic mass is 9.77. The van der Waals surface area contributed by atoms with Crippen molar-refractivity contribution in [3.05, 3.63) is 24.3 Å². The minimum atomic E-state index is 0.482. The minimum absolute atomic E-state index is 0.482. The highest BCUT2D eigenvalue weighted by molar-refractivity contribution is 5.93. The van der Waals surface area contributed by atoms with E-state index in [9.17, 15) is 0 Å². The third kappa shape index (κ3) is 2.98. The molecule has 128 valence electrons. The van der Waals surface area contributed by atoms with Gasteiger partial charge in [-0.1, -0.05) is 38.8 Å². The molecule has 1 aliphatic carbocycles. The Balaban J connectivity index is 1.41. The normalized spacial score (nSPS) is 28.4. The van der Waals surface area contributed by atoms with Crippen LogP contribution in [-0.2, 0) is 0 Å². The fourth-order valence-corrected chi connectivity index (χ4v) is 3.85. The first-order valence-electron chi connectivity index (χ1n) is 8.85. The molecule has 1 fully saturated rings. The standard InChI is InChI=1S/C18H25N5O/c1-12-6-5-8-15(13(12)2)23-10-19-17(20-11-23)22-18-21-14-7-3-4-9-16(14)24-18/h3-4,7,9,12-13,15H,5-6,8,10-11H2,1-2H3,(H2,19,20,21,22)/t12-,13-,15-/m0/s1. The molecule has 1 aromatic heterocycles. The lowest BCUT2D eigenvalue weighted by molar-refractivity contribution is 0.0771. The van der Waals surface area contributed by atoms with Gasteiger partial charge in [0, 0.05) is 6.04 Å². The zero-order valence-corrected chi connectivity index (χ0v) is 14.3. The van der Waals surface area contributed by atoms with Crippen LogP contribution in [0.2, 0.25) is 0 Å². The zero-order chi connectivity index (χ0) is 16.5. The Labute approximate surface area is 142 Å². The first-order valence-corrected chi connectivity index (χ1v) is 8.85. The van der Waals surface area contributed by atoms with Crippen LogP contribution in [-0.4, -0.2) is 35.2 Å². The highest BCUT2D eigenvalue weighted by atomic mass is 16.4. The van der Waals surface area contributed by atoms with Crippen molar-refractivity contribution < 1.29 is 4.42 Å². The van der Waals surface area contributed by atoms with Crippen LogP contribution >= 0.6 is 0 Å². The molecule has 6 nitrogen and oxygen atoms in total. The van der Waals surface area contributed by atoms with E-state index < -0.39 is 0 Å². The maximum atomic E-state index is 5.69. The Kier molecular flexibility index (Phi) is 4.14. The Bertz CT molecular complexity index is 707. The first kappa shape index (κ1) is 15.4. The van der Waals surface area contributed by atoms with Crippen LogP contribution in [0.1, 0.15) is 33.1 Å². The molecular formula is C18H25N5O. The van der Waals surface area contributed by atoms with Gasteiger partial charge in [0.2, 0.25) is 5.96 Å². The van der Waals surface area contributed by atoms with Crippen molar-refractivity contribution in [1.29, 1.82) is 0 Å². The molecule has 3 atom stereocenters. The number of para-hydroxylation sites is 2. The molecule has 2 N–H and O–H groups in total. The Hall–Kier alpha value is -2.08. The van der Waals surface area contributed by atoms with Crippen molar-refractivity contribution in [3.8, 4) is 0 Å². The second-order valence-corrected chi connectivity index (χ2v) is 7.02. The van der Waals surface area contributed by atoms with Gasteiger partial charge in [-0.3, -0.25) is 10.2 Å². The Morgan fingerprint density at radius 2 is 2.12 bits per heavy atom. The van der Waals surface area contributed by atoms with E-state index in [2.05, 4.69) is 39.4 Å². The number of fused-ring (bicyclic) bond motifs is 1. The van der Waals surface area contributed by atoms with Gasteiger partial charge in [0.15, 0.2) is 5.58 Å². The summed E-state index contributed by atoms with van der Waals surface area (Å²) in [5, 5.41) is 6.51. The molecule has 2 heterocycles. The lowest BCUT2D eigenvalue weighted by Crippen LogP contribution is -2.53. The van der Waals surface area contributed by atoms with Gasteiger partial charge < -0.3 is 9.73 Å². The van der Waals surface area contributed by atoms with Crippen molar-refractivity contribution in [2.75, 3.05) is 18.7 Å². The van der Waals surface area contributed by atoms with Gasteiger partial charge in [0.1, 0.15) is 5.52 Å². The van der Waals surface area contributed by atoms with E-state index >= 15 is 0 Å². The summed E-state index contributed by atoms with van der Waals surface area (Å²) in [7, 11) is 0. The van der Waals surface area contributed by atoms with Crippen molar-refractivity contribution in [3.63, 3.8) is 0 Å². The molecule has 2 aromatic rings. The number of aromatic nitrogens is 1. The SMILES string of the molecule is C[C@H]1[C@@H](C)CCC[C@@H]1N1CN=C(Nc2nc3ccccc3o2)NC1. The third-order valence-corrected chi connectivity index (χ3v) is 5.51. The largest absolute Gasteiger partial charge is 0.423 e. The fourth-order valence-electron chi connectivity index (χ4n) is 3.85. The van der Waals surface area contributed by atoms with Crippen molar-refractivity contribution in [2.24, 2.45) is 16.8 Å². The summed E-state index contributed by atoms with van der Waals surface area (Å²) in [4.78, 5) is 11.5. The maximum absolute atomic E-state index is 5.69. The van der Waals surface area contributed by atoms with Gasteiger partial charge in [0.25, 0.3) is 0 Å². The average Bonchev–Trinajstić information content (AvgIpc) is 3.00. The van der Waals surface area contributed by atoms with E-state index in [0.717, 1.165) is 42.2 Å². The fraction of sp³-hybridized carbons (Fsp3) is 0.556. The molecule has 1 saturated carbocycles. The summed E-state index contributed by atoms with van der Waals surface area (Å²) >= 11 is 0. The molecule has 0 radical (unpaired) electrons. The van der Waals surface area contributed by atoms with Crippen LogP contribution in [0.5, 0.6) is 0 Å². The molecular weight excluding hydrogens is 302 g/mol. The molecule has 0 saturated heterocycles. The molecule has 4 rings (SSSR count). The second kappa shape index (κ2) is 6.43. The number of oxazole rings is 1. The molecule has 0 bridgehead atoms. The average molecular weight is 327 g/mol. The van der Waals surface area contributed by atoms with E-state index in [4.69, 9.17) is 4.42 Å². The van der Waals surface area contributed by atoms with E-state index in [1.807, 2.05) is 24.3 Å². The summed E-state index contributed by atoms with van der Waals surface area (Å²) in [6.45, 7) is 6.28. The number of hydrogen-bond donors (Lipinski definition) is 2. The number of anilines is 1. The van der Waals surface area contributed by atoms with Gasteiger partial charge in [-0.15, -0.1) is 0 Å². The van der Waals surface area contributed by atoms with Crippen LogP contribution in [0.25, 0.3) is 11.1 Å². The molecule has 2 aliphatic rings. The molecule has 1 aliphatic heterocycles. The highest BCUT2D eigenvalue weighted by Gasteiger charge is 2.32. The molecule has 6 heteroatoms. The number of rotatable bonds is 2. The summed E-state index contributed by atoms with van der Waals surface area (Å²) in [5.74, 6) is 2.25. The number of nitrogens with zero attached hydrogens (tertiary/aromatic N) is 3. The van der Waals surface area contributed by atoms with Crippen molar-refractivity contribution in [2.45, 2.75) is 39.2 Å². The van der Waals surface area contributed by atoms with E-state index in [1.165, 1.54) is 19.3 Å². The minimum Gasteiger partial charge on any atom is -0.423 e. The quantitative estimate of drug-likeness (QED) is 0.886. The number of guanidine groups is 1. The lowest BCUT2D eigenvalue weighted by Gasteiger charge is -2.42. The van der Waals surface area contributed by atoms with Crippen molar-refractivity contribution >= 4 is 23.1 Å². The maximum Gasteiger partial charge on any atom is 0.302 e. The van der Waals surface area contributed by atoms with Gasteiger partial charge in [-0.05, 0) is 30.4 Å².